The van der Waals surface area contributed by atoms with Crippen LogP contribution < -0.4 is 5.32 Å². The molecular weight excluding hydrogens is 368 g/mol. The van der Waals surface area contributed by atoms with Crippen molar-refractivity contribution in [2.75, 3.05) is 18.4 Å². The molecule has 1 aliphatic heterocycles. The van der Waals surface area contributed by atoms with Crippen molar-refractivity contribution in [1.82, 2.24) is 4.90 Å². The Bertz CT molecular complexity index is 577. The second kappa shape index (κ2) is 6.44. The number of halogens is 5. The van der Waals surface area contributed by atoms with E-state index in [-0.39, 0.29) is 35.2 Å². The Labute approximate surface area is 133 Å². The van der Waals surface area contributed by atoms with Crippen LogP contribution in [0.4, 0.5) is 28.0 Å². The highest BCUT2D eigenvalue weighted by Gasteiger charge is 2.42. The number of hydrogen-bond acceptors (Lipinski definition) is 1. The largest absolute Gasteiger partial charge is 0.393 e. The fourth-order valence-electron chi connectivity index (χ4n) is 2.41. The van der Waals surface area contributed by atoms with Gasteiger partial charge in [-0.3, -0.25) is 0 Å². The Hall–Kier alpha value is -1.31. The maximum absolute atomic E-state index is 13.7. The Balaban J connectivity index is 2.08. The highest BCUT2D eigenvalue weighted by atomic mass is 79.9. The summed E-state index contributed by atoms with van der Waals surface area (Å²) in [5.41, 5.74) is 0.479. The zero-order valence-electron chi connectivity index (χ0n) is 11.8. The van der Waals surface area contributed by atoms with Gasteiger partial charge in [0.1, 0.15) is 5.82 Å². The predicted octanol–water partition coefficient (Wildman–Crippen LogP) is 4.70. The van der Waals surface area contributed by atoms with Gasteiger partial charge in [0.05, 0.1) is 10.4 Å². The molecule has 2 rings (SSSR count). The summed E-state index contributed by atoms with van der Waals surface area (Å²) in [6, 6.07) is 2.30. The van der Waals surface area contributed by atoms with Crippen molar-refractivity contribution >= 4 is 27.6 Å². The van der Waals surface area contributed by atoms with Crippen LogP contribution in [0.15, 0.2) is 16.6 Å². The van der Waals surface area contributed by atoms with E-state index in [2.05, 4.69) is 21.2 Å². The molecule has 1 aromatic rings. The van der Waals surface area contributed by atoms with Gasteiger partial charge in [0, 0.05) is 24.3 Å². The predicted molar refractivity (Wildman–Crippen MR) is 78.2 cm³/mol. The van der Waals surface area contributed by atoms with E-state index in [0.717, 1.165) is 4.90 Å². The third-order valence-electron chi connectivity index (χ3n) is 3.75. The number of piperidine rings is 1. The Kier molecular flexibility index (Phi) is 4.99. The number of nitrogens with zero attached hydrogens (tertiary/aromatic N) is 1. The van der Waals surface area contributed by atoms with Crippen LogP contribution in [0.25, 0.3) is 0 Å². The first-order chi connectivity index (χ1) is 10.2. The average Bonchev–Trinajstić information content (AvgIpc) is 2.47. The first-order valence-corrected chi connectivity index (χ1v) is 7.56. The number of benzene rings is 1. The van der Waals surface area contributed by atoms with E-state index >= 15 is 0 Å². The molecule has 22 heavy (non-hydrogen) atoms. The first-order valence-electron chi connectivity index (χ1n) is 6.77. The molecule has 1 aromatic carbocycles. The molecule has 1 fully saturated rings. The fourth-order valence-corrected chi connectivity index (χ4v) is 2.84. The molecule has 0 bridgehead atoms. The molecule has 0 saturated carbocycles. The van der Waals surface area contributed by atoms with Crippen molar-refractivity contribution < 1.29 is 22.4 Å². The summed E-state index contributed by atoms with van der Waals surface area (Å²) in [5, 5.41) is 2.48. The normalized spacial score (nSPS) is 19.2. The summed E-state index contributed by atoms with van der Waals surface area (Å²) < 4.78 is 52.3. The van der Waals surface area contributed by atoms with Crippen molar-refractivity contribution in [2.45, 2.75) is 25.9 Å². The van der Waals surface area contributed by atoms with E-state index in [1.807, 2.05) is 0 Å². The summed E-state index contributed by atoms with van der Waals surface area (Å²) in [4.78, 5) is 13.2. The summed E-state index contributed by atoms with van der Waals surface area (Å²) >= 11 is 3.03. The summed E-state index contributed by atoms with van der Waals surface area (Å²) in [5.74, 6) is -2.01. The Morgan fingerprint density at radius 3 is 2.73 bits per heavy atom. The lowest BCUT2D eigenvalue weighted by Gasteiger charge is -2.33. The summed E-state index contributed by atoms with van der Waals surface area (Å²) in [7, 11) is 0. The lowest BCUT2D eigenvalue weighted by atomic mass is 9.98. The molecule has 2 amide bonds. The summed E-state index contributed by atoms with van der Waals surface area (Å²) in [6.45, 7) is 1.38. The number of carbonyl (C=O) groups excluding carboxylic acids is 1. The Morgan fingerprint density at radius 1 is 1.41 bits per heavy atom. The number of urea groups is 1. The van der Waals surface area contributed by atoms with Crippen molar-refractivity contribution in [1.29, 1.82) is 0 Å². The van der Waals surface area contributed by atoms with E-state index in [1.165, 1.54) is 19.1 Å². The molecule has 3 nitrogen and oxygen atoms in total. The number of rotatable bonds is 1. The van der Waals surface area contributed by atoms with Gasteiger partial charge in [0.25, 0.3) is 0 Å². The van der Waals surface area contributed by atoms with Crippen molar-refractivity contribution in [3.05, 3.63) is 28.0 Å². The second-order valence-corrected chi connectivity index (χ2v) is 6.15. The lowest BCUT2D eigenvalue weighted by Crippen LogP contribution is -2.46. The van der Waals surface area contributed by atoms with Crippen LogP contribution in [0, 0.1) is 18.7 Å². The maximum Gasteiger partial charge on any atom is 0.393 e. The summed E-state index contributed by atoms with van der Waals surface area (Å²) in [6.07, 6.45) is -3.98. The molecule has 0 aromatic heterocycles. The van der Waals surface area contributed by atoms with Crippen LogP contribution in [0.5, 0.6) is 0 Å². The topological polar surface area (TPSA) is 32.3 Å². The van der Waals surface area contributed by atoms with Crippen LogP contribution in [0.1, 0.15) is 18.4 Å². The number of anilines is 1. The zero-order chi connectivity index (χ0) is 16.5. The third-order valence-corrected chi connectivity index (χ3v) is 4.36. The zero-order valence-corrected chi connectivity index (χ0v) is 13.4. The molecule has 1 heterocycles. The van der Waals surface area contributed by atoms with Gasteiger partial charge in [-0.15, -0.1) is 0 Å². The van der Waals surface area contributed by atoms with Crippen molar-refractivity contribution in [3.63, 3.8) is 0 Å². The van der Waals surface area contributed by atoms with Gasteiger partial charge >= 0.3 is 12.2 Å². The number of hydrogen-bond donors (Lipinski definition) is 1. The molecule has 0 aliphatic carbocycles. The monoisotopic (exact) mass is 382 g/mol. The van der Waals surface area contributed by atoms with Crippen LogP contribution in [0.2, 0.25) is 0 Å². The van der Waals surface area contributed by atoms with Crippen LogP contribution >= 0.6 is 15.9 Å². The SMILES string of the molecule is Cc1c(NC(=O)N2CCCC(C(F)(F)F)C2)ccc(Br)c1F. The number of alkyl halides is 3. The standard InChI is InChI=1S/C14H15BrF4N2O/c1-8-11(5-4-10(15)12(8)16)20-13(22)21-6-2-3-9(7-21)14(17,18)19/h4-5,9H,2-3,6-7H2,1H3,(H,20,22). The van der Waals surface area contributed by atoms with Crippen LogP contribution in [0.3, 0.4) is 0 Å². The number of nitrogens with one attached hydrogen (secondary N) is 1. The minimum atomic E-state index is -4.31. The Morgan fingerprint density at radius 2 is 2.09 bits per heavy atom. The quantitative estimate of drug-likeness (QED) is 0.701. The lowest BCUT2D eigenvalue weighted by molar-refractivity contribution is -0.183. The molecular formula is C14H15BrF4N2O. The van der Waals surface area contributed by atoms with Crippen LogP contribution in [-0.4, -0.2) is 30.2 Å². The van der Waals surface area contributed by atoms with Gasteiger partial charge in [-0.1, -0.05) is 0 Å². The number of carbonyl (C=O) groups is 1. The molecule has 1 aliphatic rings. The minimum Gasteiger partial charge on any atom is -0.324 e. The molecule has 1 N–H and O–H groups in total. The molecule has 1 saturated heterocycles. The van der Waals surface area contributed by atoms with E-state index in [0.29, 0.717) is 6.42 Å². The third kappa shape index (κ3) is 3.71. The fraction of sp³-hybridized carbons (Fsp3) is 0.500. The van der Waals surface area contributed by atoms with Gasteiger partial charge in [-0.05, 0) is 47.8 Å². The molecule has 0 radical (unpaired) electrons. The van der Waals surface area contributed by atoms with Crippen LogP contribution in [-0.2, 0) is 0 Å². The number of amides is 2. The highest BCUT2D eigenvalue weighted by molar-refractivity contribution is 9.10. The van der Waals surface area contributed by atoms with Crippen molar-refractivity contribution in [2.24, 2.45) is 5.92 Å². The molecule has 8 heteroatoms. The van der Waals surface area contributed by atoms with Gasteiger partial charge in [-0.2, -0.15) is 13.2 Å². The van der Waals surface area contributed by atoms with E-state index < -0.39 is 23.9 Å². The molecule has 1 unspecified atom stereocenters. The molecule has 0 spiro atoms. The highest BCUT2D eigenvalue weighted by Crippen LogP contribution is 2.33. The molecule has 1 atom stereocenters. The van der Waals surface area contributed by atoms with E-state index in [4.69, 9.17) is 0 Å². The minimum absolute atomic E-state index is 0.0270. The van der Waals surface area contributed by atoms with E-state index in [9.17, 15) is 22.4 Å². The maximum atomic E-state index is 13.7. The van der Waals surface area contributed by atoms with Gasteiger partial charge in [-0.25, -0.2) is 9.18 Å². The average molecular weight is 383 g/mol. The van der Waals surface area contributed by atoms with Gasteiger partial charge < -0.3 is 10.2 Å². The smallest absolute Gasteiger partial charge is 0.324 e. The van der Waals surface area contributed by atoms with E-state index in [1.54, 1.807) is 0 Å². The van der Waals surface area contributed by atoms with Gasteiger partial charge in [0.15, 0.2) is 0 Å². The molecule has 122 valence electrons. The number of likely N-dealkylation sites (tertiary alicyclic amines) is 1. The van der Waals surface area contributed by atoms with Crippen molar-refractivity contribution in [3.8, 4) is 0 Å². The van der Waals surface area contributed by atoms with Gasteiger partial charge in [0.2, 0.25) is 0 Å². The second-order valence-electron chi connectivity index (χ2n) is 5.29. The first kappa shape index (κ1) is 17.1.